The number of esters is 1. The molecule has 0 amide bonds. The standard InChI is InChI=1S/C12H14INO4/c1-3-4-8(2)18-12(15)10-7-9(14(16)17)5-6-11(10)13/h5-8H,3-4H2,1-2H3. The number of rotatable bonds is 5. The number of benzene rings is 1. The zero-order valence-electron chi connectivity index (χ0n) is 10.2. The van der Waals surface area contributed by atoms with Crippen LogP contribution in [0.2, 0.25) is 0 Å². The van der Waals surface area contributed by atoms with Gasteiger partial charge in [-0.15, -0.1) is 0 Å². The molecule has 0 bridgehead atoms. The molecular formula is C12H14INO4. The normalized spacial score (nSPS) is 11.9. The quantitative estimate of drug-likeness (QED) is 0.347. The predicted molar refractivity (Wildman–Crippen MR) is 75.6 cm³/mol. The first-order chi connectivity index (χ1) is 8.45. The molecule has 0 aliphatic carbocycles. The van der Waals surface area contributed by atoms with Crippen LogP contribution in [-0.4, -0.2) is 17.0 Å². The third-order valence-electron chi connectivity index (χ3n) is 2.38. The summed E-state index contributed by atoms with van der Waals surface area (Å²) in [6, 6.07) is 4.16. The molecule has 1 atom stereocenters. The molecule has 1 unspecified atom stereocenters. The van der Waals surface area contributed by atoms with E-state index in [9.17, 15) is 14.9 Å². The maximum Gasteiger partial charge on any atom is 0.339 e. The Bertz CT molecular complexity index is 461. The first kappa shape index (κ1) is 14.9. The highest BCUT2D eigenvalue weighted by atomic mass is 127. The van der Waals surface area contributed by atoms with Crippen molar-refractivity contribution < 1.29 is 14.5 Å². The second-order valence-corrected chi connectivity index (χ2v) is 5.09. The molecule has 0 N–H and O–H groups in total. The molecular weight excluding hydrogens is 349 g/mol. The molecule has 0 aliphatic rings. The fourth-order valence-electron chi connectivity index (χ4n) is 1.49. The molecule has 0 aliphatic heterocycles. The number of ether oxygens (including phenoxy) is 1. The number of hydrogen-bond acceptors (Lipinski definition) is 4. The largest absolute Gasteiger partial charge is 0.459 e. The molecule has 0 spiro atoms. The summed E-state index contributed by atoms with van der Waals surface area (Å²) in [5.74, 6) is -0.510. The van der Waals surface area contributed by atoms with Gasteiger partial charge in [0, 0.05) is 15.7 Å². The van der Waals surface area contributed by atoms with Crippen LogP contribution in [-0.2, 0) is 4.74 Å². The van der Waals surface area contributed by atoms with E-state index in [-0.39, 0.29) is 17.4 Å². The van der Waals surface area contributed by atoms with Crippen molar-refractivity contribution in [3.05, 3.63) is 37.4 Å². The Kier molecular flexibility index (Phi) is 5.52. The summed E-state index contributed by atoms with van der Waals surface area (Å²) in [5, 5.41) is 10.7. The van der Waals surface area contributed by atoms with Crippen molar-refractivity contribution >= 4 is 34.2 Å². The number of nitro benzene ring substituents is 1. The Morgan fingerprint density at radius 1 is 1.56 bits per heavy atom. The van der Waals surface area contributed by atoms with Crippen LogP contribution in [0.15, 0.2) is 18.2 Å². The summed E-state index contributed by atoms with van der Waals surface area (Å²) >= 11 is 1.96. The Morgan fingerprint density at radius 3 is 2.78 bits per heavy atom. The van der Waals surface area contributed by atoms with Gasteiger partial charge in [-0.1, -0.05) is 13.3 Å². The molecule has 0 aromatic heterocycles. The highest BCUT2D eigenvalue weighted by Crippen LogP contribution is 2.21. The van der Waals surface area contributed by atoms with E-state index in [1.165, 1.54) is 12.1 Å². The molecule has 0 saturated heterocycles. The fraction of sp³-hybridized carbons (Fsp3) is 0.417. The first-order valence-corrected chi connectivity index (χ1v) is 6.68. The smallest absolute Gasteiger partial charge is 0.339 e. The van der Waals surface area contributed by atoms with Gasteiger partial charge in [-0.2, -0.15) is 0 Å². The summed E-state index contributed by atoms with van der Waals surface area (Å²) < 4.78 is 5.87. The highest BCUT2D eigenvalue weighted by Gasteiger charge is 2.18. The second kappa shape index (κ2) is 6.67. The summed E-state index contributed by atoms with van der Waals surface area (Å²) in [5.41, 5.74) is 0.137. The Hall–Kier alpha value is -1.18. The van der Waals surface area contributed by atoms with Gasteiger partial charge in [0.1, 0.15) is 0 Å². The van der Waals surface area contributed by atoms with E-state index in [4.69, 9.17) is 4.74 Å². The summed E-state index contributed by atoms with van der Waals surface area (Å²) in [4.78, 5) is 22.0. The fourth-order valence-corrected chi connectivity index (χ4v) is 2.05. The van der Waals surface area contributed by atoms with E-state index < -0.39 is 10.9 Å². The molecule has 0 heterocycles. The van der Waals surface area contributed by atoms with Crippen molar-refractivity contribution in [2.45, 2.75) is 32.8 Å². The lowest BCUT2D eigenvalue weighted by atomic mass is 10.2. The molecule has 0 saturated carbocycles. The minimum absolute atomic E-state index is 0.106. The van der Waals surface area contributed by atoms with Crippen molar-refractivity contribution in [1.29, 1.82) is 0 Å². The number of nitrogens with zero attached hydrogens (tertiary/aromatic N) is 1. The van der Waals surface area contributed by atoms with Gasteiger partial charge < -0.3 is 4.74 Å². The van der Waals surface area contributed by atoms with Crippen LogP contribution >= 0.6 is 22.6 Å². The van der Waals surface area contributed by atoms with Crippen LogP contribution in [0, 0.1) is 13.7 Å². The molecule has 0 radical (unpaired) electrons. The lowest BCUT2D eigenvalue weighted by molar-refractivity contribution is -0.384. The number of carbonyl (C=O) groups is 1. The van der Waals surface area contributed by atoms with Crippen molar-refractivity contribution in [2.75, 3.05) is 0 Å². The third kappa shape index (κ3) is 3.94. The zero-order valence-corrected chi connectivity index (χ0v) is 12.3. The van der Waals surface area contributed by atoms with E-state index in [0.717, 1.165) is 12.8 Å². The molecule has 1 rings (SSSR count). The number of nitro groups is 1. The van der Waals surface area contributed by atoms with Gasteiger partial charge >= 0.3 is 5.97 Å². The second-order valence-electron chi connectivity index (χ2n) is 3.93. The van der Waals surface area contributed by atoms with Crippen molar-refractivity contribution in [3.63, 3.8) is 0 Å². The molecule has 1 aromatic carbocycles. The summed E-state index contributed by atoms with van der Waals surface area (Å²) in [7, 11) is 0. The van der Waals surface area contributed by atoms with Gasteiger partial charge in [0.2, 0.25) is 0 Å². The van der Waals surface area contributed by atoms with Crippen LogP contribution < -0.4 is 0 Å². The molecule has 18 heavy (non-hydrogen) atoms. The van der Waals surface area contributed by atoms with Gasteiger partial charge in [0.25, 0.3) is 5.69 Å². The molecule has 5 nitrogen and oxygen atoms in total. The van der Waals surface area contributed by atoms with Crippen molar-refractivity contribution in [2.24, 2.45) is 0 Å². The van der Waals surface area contributed by atoms with E-state index in [1.54, 1.807) is 6.07 Å². The van der Waals surface area contributed by atoms with Gasteiger partial charge in [-0.25, -0.2) is 4.79 Å². The predicted octanol–water partition coefficient (Wildman–Crippen LogP) is 3.54. The molecule has 1 aromatic rings. The van der Waals surface area contributed by atoms with Gasteiger partial charge in [0.15, 0.2) is 0 Å². The number of carbonyl (C=O) groups excluding carboxylic acids is 1. The summed E-state index contributed by atoms with van der Waals surface area (Å²) in [6.07, 6.45) is 1.51. The van der Waals surface area contributed by atoms with Crippen molar-refractivity contribution in [3.8, 4) is 0 Å². The van der Waals surface area contributed by atoms with E-state index in [0.29, 0.717) is 3.57 Å². The molecule has 98 valence electrons. The van der Waals surface area contributed by atoms with Crippen LogP contribution in [0.25, 0.3) is 0 Å². The maximum absolute atomic E-state index is 11.9. The first-order valence-electron chi connectivity index (χ1n) is 5.60. The van der Waals surface area contributed by atoms with E-state index >= 15 is 0 Å². The minimum Gasteiger partial charge on any atom is -0.459 e. The third-order valence-corrected chi connectivity index (χ3v) is 3.32. The van der Waals surface area contributed by atoms with E-state index in [1.807, 2.05) is 36.4 Å². The van der Waals surface area contributed by atoms with Crippen molar-refractivity contribution in [1.82, 2.24) is 0 Å². The summed E-state index contributed by atoms with van der Waals surface area (Å²) in [6.45, 7) is 3.81. The zero-order chi connectivity index (χ0) is 13.7. The SMILES string of the molecule is CCCC(C)OC(=O)c1cc([N+](=O)[O-])ccc1I. The topological polar surface area (TPSA) is 69.4 Å². The van der Waals surface area contributed by atoms with Gasteiger partial charge in [0.05, 0.1) is 16.6 Å². The highest BCUT2D eigenvalue weighted by molar-refractivity contribution is 14.1. The maximum atomic E-state index is 11.9. The number of halogens is 1. The molecule has 6 heteroatoms. The van der Waals surface area contributed by atoms with Gasteiger partial charge in [-0.05, 0) is 42.0 Å². The molecule has 0 fully saturated rings. The minimum atomic E-state index is -0.525. The van der Waals surface area contributed by atoms with Crippen LogP contribution in [0.3, 0.4) is 0 Å². The monoisotopic (exact) mass is 363 g/mol. The Labute approximate surface area is 119 Å². The van der Waals surface area contributed by atoms with Crippen LogP contribution in [0.1, 0.15) is 37.0 Å². The van der Waals surface area contributed by atoms with E-state index in [2.05, 4.69) is 0 Å². The number of non-ortho nitro benzene ring substituents is 1. The van der Waals surface area contributed by atoms with Crippen LogP contribution in [0.4, 0.5) is 5.69 Å². The lowest BCUT2D eigenvalue weighted by Crippen LogP contribution is -2.15. The number of hydrogen-bond donors (Lipinski definition) is 0. The Balaban J connectivity index is 2.91. The van der Waals surface area contributed by atoms with Gasteiger partial charge in [-0.3, -0.25) is 10.1 Å². The lowest BCUT2D eigenvalue weighted by Gasteiger charge is -2.12. The Morgan fingerprint density at radius 2 is 2.22 bits per heavy atom. The average molecular weight is 363 g/mol. The van der Waals surface area contributed by atoms with Crippen LogP contribution in [0.5, 0.6) is 0 Å². The average Bonchev–Trinajstić information content (AvgIpc) is 2.29.